The number of aromatic nitrogens is 2. The summed E-state index contributed by atoms with van der Waals surface area (Å²) in [6, 6.07) is 2.54. The molecule has 0 aliphatic carbocycles. The topological polar surface area (TPSA) is 103 Å². The van der Waals surface area contributed by atoms with E-state index in [1.54, 1.807) is 0 Å². The zero-order chi connectivity index (χ0) is 12.4. The predicted octanol–water partition coefficient (Wildman–Crippen LogP) is -0.683. The van der Waals surface area contributed by atoms with Gasteiger partial charge in [-0.05, 0) is 12.5 Å². The Morgan fingerprint density at radius 1 is 1.47 bits per heavy atom. The lowest BCUT2D eigenvalue weighted by Gasteiger charge is -2.14. The zero-order valence-electron chi connectivity index (χ0n) is 8.92. The van der Waals surface area contributed by atoms with Crippen molar-refractivity contribution in [3.8, 4) is 0 Å². The van der Waals surface area contributed by atoms with Gasteiger partial charge in [0.1, 0.15) is 5.69 Å². The van der Waals surface area contributed by atoms with Crippen molar-refractivity contribution in [2.24, 2.45) is 5.92 Å². The highest BCUT2D eigenvalue weighted by Gasteiger charge is 2.31. The van der Waals surface area contributed by atoms with Crippen LogP contribution in [0.25, 0.3) is 0 Å². The number of H-pyrrole nitrogens is 1. The van der Waals surface area contributed by atoms with E-state index in [4.69, 9.17) is 5.11 Å². The third-order valence-corrected chi connectivity index (χ3v) is 2.72. The molecular formula is C10H11N3O4. The third-order valence-electron chi connectivity index (χ3n) is 2.72. The molecule has 0 aromatic carbocycles. The van der Waals surface area contributed by atoms with Crippen molar-refractivity contribution in [3.05, 3.63) is 28.2 Å². The Hall–Kier alpha value is -2.18. The van der Waals surface area contributed by atoms with Crippen LogP contribution in [0.1, 0.15) is 16.9 Å². The normalized spacial score (nSPS) is 19.3. The number of hydrogen-bond donors (Lipinski definition) is 2. The summed E-state index contributed by atoms with van der Waals surface area (Å²) in [5.74, 6) is -1.76. The van der Waals surface area contributed by atoms with Gasteiger partial charge < -0.3 is 10.0 Å². The highest BCUT2D eigenvalue weighted by Crippen LogP contribution is 2.17. The number of aliphatic carboxylic acids is 1. The van der Waals surface area contributed by atoms with Crippen LogP contribution in [0, 0.1) is 5.92 Å². The summed E-state index contributed by atoms with van der Waals surface area (Å²) >= 11 is 0. The molecule has 0 unspecified atom stereocenters. The van der Waals surface area contributed by atoms with Crippen molar-refractivity contribution in [1.29, 1.82) is 0 Å². The molecule has 0 radical (unpaired) electrons. The van der Waals surface area contributed by atoms with Gasteiger partial charge in [-0.15, -0.1) is 0 Å². The summed E-state index contributed by atoms with van der Waals surface area (Å²) in [4.78, 5) is 34.8. The number of aromatic amines is 1. The summed E-state index contributed by atoms with van der Waals surface area (Å²) < 4.78 is 0. The van der Waals surface area contributed by atoms with Crippen LogP contribution in [0.15, 0.2) is 16.9 Å². The van der Waals surface area contributed by atoms with Gasteiger partial charge in [0.2, 0.25) is 0 Å². The number of carbonyl (C=O) groups is 2. The molecule has 0 spiro atoms. The molecule has 2 heterocycles. The number of carboxylic acids is 1. The molecule has 7 heteroatoms. The highest BCUT2D eigenvalue weighted by molar-refractivity contribution is 5.92. The van der Waals surface area contributed by atoms with E-state index in [1.165, 1.54) is 17.0 Å². The van der Waals surface area contributed by atoms with E-state index in [0.29, 0.717) is 13.0 Å². The summed E-state index contributed by atoms with van der Waals surface area (Å²) in [5, 5.41) is 14.6. The summed E-state index contributed by atoms with van der Waals surface area (Å²) in [5.41, 5.74) is -0.262. The van der Waals surface area contributed by atoms with Gasteiger partial charge in [-0.25, -0.2) is 5.10 Å². The van der Waals surface area contributed by atoms with Crippen LogP contribution in [0.5, 0.6) is 0 Å². The second-order valence-corrected chi connectivity index (χ2v) is 3.88. The highest BCUT2D eigenvalue weighted by atomic mass is 16.4. The third kappa shape index (κ3) is 2.32. The molecule has 1 aliphatic heterocycles. The SMILES string of the molecule is O=C(O)[C@H]1CCN(C(=O)c2ccc(=O)[nH]n2)C1. The Kier molecular flexibility index (Phi) is 2.90. The van der Waals surface area contributed by atoms with Gasteiger partial charge in [0.15, 0.2) is 0 Å². The summed E-state index contributed by atoms with van der Waals surface area (Å²) in [6.45, 7) is 0.589. The lowest BCUT2D eigenvalue weighted by atomic mass is 10.1. The van der Waals surface area contributed by atoms with E-state index in [9.17, 15) is 14.4 Å². The maximum absolute atomic E-state index is 11.9. The van der Waals surface area contributed by atoms with Crippen molar-refractivity contribution in [1.82, 2.24) is 15.1 Å². The van der Waals surface area contributed by atoms with Crippen molar-refractivity contribution in [2.75, 3.05) is 13.1 Å². The van der Waals surface area contributed by atoms with Crippen molar-refractivity contribution >= 4 is 11.9 Å². The first-order valence-corrected chi connectivity index (χ1v) is 5.16. The Labute approximate surface area is 96.1 Å². The van der Waals surface area contributed by atoms with Crippen LogP contribution in [0.4, 0.5) is 0 Å². The van der Waals surface area contributed by atoms with Crippen LogP contribution < -0.4 is 5.56 Å². The number of nitrogens with zero attached hydrogens (tertiary/aromatic N) is 2. The van der Waals surface area contributed by atoms with Gasteiger partial charge in [-0.3, -0.25) is 14.4 Å². The maximum Gasteiger partial charge on any atom is 0.308 e. The first-order valence-electron chi connectivity index (χ1n) is 5.16. The fourth-order valence-electron chi connectivity index (χ4n) is 1.77. The van der Waals surface area contributed by atoms with E-state index in [1.807, 2.05) is 0 Å². The molecule has 1 aromatic rings. The molecule has 0 saturated carbocycles. The number of likely N-dealkylation sites (tertiary alicyclic amines) is 1. The van der Waals surface area contributed by atoms with Gasteiger partial charge in [-0.2, -0.15) is 5.10 Å². The number of carbonyl (C=O) groups excluding carboxylic acids is 1. The fraction of sp³-hybridized carbons (Fsp3) is 0.400. The Bertz CT molecular complexity index is 490. The Morgan fingerprint density at radius 3 is 2.76 bits per heavy atom. The average Bonchev–Trinajstić information content (AvgIpc) is 2.78. The molecule has 1 aliphatic rings. The van der Waals surface area contributed by atoms with Crippen LogP contribution >= 0.6 is 0 Å². The molecule has 1 aromatic heterocycles. The maximum atomic E-state index is 11.9. The smallest absolute Gasteiger partial charge is 0.308 e. The Morgan fingerprint density at radius 2 is 2.24 bits per heavy atom. The van der Waals surface area contributed by atoms with Gasteiger partial charge in [-0.1, -0.05) is 0 Å². The largest absolute Gasteiger partial charge is 0.481 e. The lowest BCUT2D eigenvalue weighted by molar-refractivity contribution is -0.141. The standard InChI is InChI=1S/C10H11N3O4/c14-8-2-1-7(11-12-8)9(15)13-4-3-6(5-13)10(16)17/h1-2,6H,3-5H2,(H,12,14)(H,16,17)/t6-/m0/s1. The Balaban J connectivity index is 2.09. The second kappa shape index (κ2) is 4.36. The van der Waals surface area contributed by atoms with E-state index >= 15 is 0 Å². The quantitative estimate of drug-likeness (QED) is 0.709. The average molecular weight is 237 g/mol. The lowest BCUT2D eigenvalue weighted by Crippen LogP contribution is -2.31. The van der Waals surface area contributed by atoms with E-state index in [2.05, 4.69) is 10.2 Å². The molecule has 90 valence electrons. The molecule has 1 fully saturated rings. The molecular weight excluding hydrogens is 226 g/mol. The number of rotatable bonds is 2. The molecule has 7 nitrogen and oxygen atoms in total. The zero-order valence-corrected chi connectivity index (χ0v) is 8.92. The minimum atomic E-state index is -0.894. The van der Waals surface area contributed by atoms with Crippen molar-refractivity contribution in [3.63, 3.8) is 0 Å². The monoisotopic (exact) mass is 237 g/mol. The molecule has 2 rings (SSSR count). The molecule has 1 saturated heterocycles. The van der Waals surface area contributed by atoms with Crippen LogP contribution in [-0.2, 0) is 4.79 Å². The molecule has 2 N–H and O–H groups in total. The minimum Gasteiger partial charge on any atom is -0.481 e. The first-order chi connectivity index (χ1) is 8.08. The van der Waals surface area contributed by atoms with Gasteiger partial charge >= 0.3 is 5.97 Å². The molecule has 17 heavy (non-hydrogen) atoms. The molecule has 1 atom stereocenters. The number of carboxylic acid groups (broad SMARTS) is 1. The van der Waals surface area contributed by atoms with E-state index in [-0.39, 0.29) is 23.7 Å². The van der Waals surface area contributed by atoms with Crippen LogP contribution in [0.3, 0.4) is 0 Å². The second-order valence-electron chi connectivity index (χ2n) is 3.88. The van der Waals surface area contributed by atoms with E-state index < -0.39 is 11.9 Å². The minimum absolute atomic E-state index is 0.121. The van der Waals surface area contributed by atoms with Crippen LogP contribution in [-0.4, -0.2) is 45.2 Å². The molecule has 0 bridgehead atoms. The first kappa shape index (κ1) is 11.3. The number of amides is 1. The van der Waals surface area contributed by atoms with Gasteiger partial charge in [0, 0.05) is 19.2 Å². The van der Waals surface area contributed by atoms with Crippen LogP contribution in [0.2, 0.25) is 0 Å². The predicted molar refractivity (Wildman–Crippen MR) is 56.5 cm³/mol. The number of hydrogen-bond acceptors (Lipinski definition) is 4. The summed E-state index contributed by atoms with van der Waals surface area (Å²) in [7, 11) is 0. The van der Waals surface area contributed by atoms with Crippen molar-refractivity contribution in [2.45, 2.75) is 6.42 Å². The van der Waals surface area contributed by atoms with Gasteiger partial charge in [0.25, 0.3) is 11.5 Å². The van der Waals surface area contributed by atoms with Crippen molar-refractivity contribution < 1.29 is 14.7 Å². The van der Waals surface area contributed by atoms with Gasteiger partial charge in [0.05, 0.1) is 5.92 Å². The molecule has 1 amide bonds. The summed E-state index contributed by atoms with van der Waals surface area (Å²) in [6.07, 6.45) is 0.449. The van der Waals surface area contributed by atoms with E-state index in [0.717, 1.165) is 0 Å². The fourth-order valence-corrected chi connectivity index (χ4v) is 1.77. The number of nitrogens with one attached hydrogen (secondary N) is 1.